The number of hydrogen-bond acceptors (Lipinski definition) is 7. The van der Waals surface area contributed by atoms with E-state index in [0.29, 0.717) is 30.7 Å². The molecule has 3 heterocycles. The lowest BCUT2D eigenvalue weighted by molar-refractivity contribution is 0.314. The second-order valence-electron chi connectivity index (χ2n) is 5.88. The van der Waals surface area contributed by atoms with Crippen LogP contribution >= 0.6 is 0 Å². The lowest BCUT2D eigenvalue weighted by atomic mass is 9.96. The number of nitrogens with one attached hydrogen (secondary N) is 1. The minimum absolute atomic E-state index is 0.0624. The second-order valence-corrected chi connectivity index (χ2v) is 7.87. The summed E-state index contributed by atoms with van der Waals surface area (Å²) in [4.78, 5) is 17.1. The monoisotopic (exact) mass is 348 g/mol. The van der Waals surface area contributed by atoms with Gasteiger partial charge in [0.2, 0.25) is 16.0 Å². The molecular formula is C15H20N6O2S. The van der Waals surface area contributed by atoms with Gasteiger partial charge in [0.05, 0.1) is 11.9 Å². The Kier molecular flexibility index (Phi) is 4.72. The molecule has 1 unspecified atom stereocenters. The first-order valence-electron chi connectivity index (χ1n) is 7.76. The maximum atomic E-state index is 11.8. The van der Waals surface area contributed by atoms with E-state index < -0.39 is 10.0 Å². The number of anilines is 2. The second kappa shape index (κ2) is 6.78. The quantitative estimate of drug-likeness (QED) is 0.892. The Bertz CT molecular complexity index is 812. The van der Waals surface area contributed by atoms with Crippen LogP contribution in [0.1, 0.15) is 30.3 Å². The average Bonchev–Trinajstić information content (AvgIpc) is 2.54. The van der Waals surface area contributed by atoms with Gasteiger partial charge >= 0.3 is 0 Å². The predicted octanol–water partition coefficient (Wildman–Crippen LogP) is 1.46. The zero-order valence-electron chi connectivity index (χ0n) is 13.7. The largest absolute Gasteiger partial charge is 0.309 e. The summed E-state index contributed by atoms with van der Waals surface area (Å²) in [6.45, 7) is 2.84. The molecule has 1 atom stereocenters. The van der Waals surface area contributed by atoms with Crippen molar-refractivity contribution in [3.05, 3.63) is 36.0 Å². The molecule has 0 amide bonds. The van der Waals surface area contributed by atoms with Gasteiger partial charge in [-0.15, -0.1) is 0 Å². The highest BCUT2D eigenvalue weighted by Crippen LogP contribution is 2.28. The Hall–Kier alpha value is -2.13. The van der Waals surface area contributed by atoms with Gasteiger partial charge < -0.3 is 5.32 Å². The van der Waals surface area contributed by atoms with Gasteiger partial charge in [0, 0.05) is 37.5 Å². The van der Waals surface area contributed by atoms with Crippen LogP contribution in [0.3, 0.4) is 0 Å². The Labute approximate surface area is 141 Å². The van der Waals surface area contributed by atoms with Crippen molar-refractivity contribution in [3.8, 4) is 0 Å². The van der Waals surface area contributed by atoms with Gasteiger partial charge in [-0.25, -0.2) is 32.7 Å². The van der Waals surface area contributed by atoms with Crippen molar-refractivity contribution in [2.45, 2.75) is 25.7 Å². The summed E-state index contributed by atoms with van der Waals surface area (Å²) in [5.74, 6) is 1.76. The van der Waals surface area contributed by atoms with Crippen molar-refractivity contribution < 1.29 is 8.42 Å². The minimum atomic E-state index is -3.18. The van der Waals surface area contributed by atoms with Crippen LogP contribution in [0.4, 0.5) is 11.8 Å². The summed E-state index contributed by atoms with van der Waals surface area (Å²) in [7, 11) is -3.18. The van der Waals surface area contributed by atoms with E-state index in [0.717, 1.165) is 18.5 Å². The number of sulfonamides is 1. The lowest BCUT2D eigenvalue weighted by Gasteiger charge is -2.30. The van der Waals surface area contributed by atoms with Gasteiger partial charge in [-0.3, -0.25) is 0 Å². The van der Waals surface area contributed by atoms with Crippen LogP contribution in [0.2, 0.25) is 0 Å². The highest BCUT2D eigenvalue weighted by atomic mass is 32.2. The zero-order chi connectivity index (χ0) is 17.2. The normalized spacial score (nSPS) is 19.2. The Balaban J connectivity index is 1.83. The van der Waals surface area contributed by atoms with Crippen LogP contribution in [0.5, 0.6) is 0 Å². The first-order chi connectivity index (χ1) is 11.4. The molecule has 1 fully saturated rings. The summed E-state index contributed by atoms with van der Waals surface area (Å²) in [5, 5.41) is 3.06. The summed E-state index contributed by atoms with van der Waals surface area (Å²) in [5.41, 5.74) is 0.842. The Morgan fingerprint density at radius 1 is 1.25 bits per heavy atom. The molecule has 1 aliphatic rings. The van der Waals surface area contributed by atoms with Crippen molar-refractivity contribution >= 4 is 21.8 Å². The molecular weight excluding hydrogens is 328 g/mol. The van der Waals surface area contributed by atoms with Gasteiger partial charge in [-0.2, -0.15) is 0 Å². The van der Waals surface area contributed by atoms with Crippen molar-refractivity contribution in [2.75, 3.05) is 24.7 Å². The van der Waals surface area contributed by atoms with Crippen LogP contribution in [-0.2, 0) is 10.0 Å². The standard InChI is InChI=1S/C15H20N6O2S/c1-11-18-13(12-5-3-8-21(10-12)24(2,22)23)9-14(19-11)20-15-16-6-4-7-17-15/h4,6-7,9,12H,3,5,8,10H2,1-2H3,(H,16,17,18,19,20). The van der Waals surface area contributed by atoms with Gasteiger partial charge in [0.1, 0.15) is 11.6 Å². The SMILES string of the molecule is Cc1nc(Nc2ncccn2)cc(C2CCCN(S(C)(=O)=O)C2)n1. The molecule has 128 valence electrons. The summed E-state index contributed by atoms with van der Waals surface area (Å²) >= 11 is 0. The molecule has 8 nitrogen and oxygen atoms in total. The fourth-order valence-electron chi connectivity index (χ4n) is 2.83. The zero-order valence-corrected chi connectivity index (χ0v) is 14.5. The van der Waals surface area contributed by atoms with Crippen molar-refractivity contribution in [1.29, 1.82) is 0 Å². The van der Waals surface area contributed by atoms with Crippen molar-refractivity contribution in [3.63, 3.8) is 0 Å². The molecule has 0 saturated carbocycles. The molecule has 3 rings (SSSR count). The van der Waals surface area contributed by atoms with Gasteiger partial charge in [0.25, 0.3) is 0 Å². The van der Waals surface area contributed by atoms with Gasteiger partial charge in [-0.1, -0.05) is 0 Å². The lowest BCUT2D eigenvalue weighted by Crippen LogP contribution is -2.38. The minimum Gasteiger partial charge on any atom is -0.309 e. The molecule has 1 saturated heterocycles. The number of aryl methyl sites for hydroxylation is 1. The van der Waals surface area contributed by atoms with Crippen LogP contribution < -0.4 is 5.32 Å². The van der Waals surface area contributed by atoms with Crippen LogP contribution in [0, 0.1) is 6.92 Å². The Morgan fingerprint density at radius 2 is 2.00 bits per heavy atom. The fraction of sp³-hybridized carbons (Fsp3) is 0.467. The summed E-state index contributed by atoms with van der Waals surface area (Å²) in [6, 6.07) is 3.59. The van der Waals surface area contributed by atoms with E-state index in [4.69, 9.17) is 0 Å². The molecule has 0 bridgehead atoms. The molecule has 1 N–H and O–H groups in total. The summed E-state index contributed by atoms with van der Waals surface area (Å²) < 4.78 is 25.1. The molecule has 0 aromatic carbocycles. The van der Waals surface area contributed by atoms with Crippen LogP contribution in [-0.4, -0.2) is 52.0 Å². The molecule has 2 aromatic rings. The Morgan fingerprint density at radius 3 is 2.71 bits per heavy atom. The molecule has 0 spiro atoms. The van der Waals surface area contributed by atoms with Gasteiger partial charge in [0.15, 0.2) is 0 Å². The van der Waals surface area contributed by atoms with Crippen LogP contribution in [0.25, 0.3) is 0 Å². The molecule has 2 aromatic heterocycles. The van der Waals surface area contributed by atoms with Crippen LogP contribution in [0.15, 0.2) is 24.5 Å². The number of rotatable bonds is 4. The van der Waals surface area contributed by atoms with E-state index in [-0.39, 0.29) is 5.92 Å². The average molecular weight is 348 g/mol. The van der Waals surface area contributed by atoms with Crippen molar-refractivity contribution in [1.82, 2.24) is 24.2 Å². The third-order valence-corrected chi connectivity index (χ3v) is 5.20. The molecule has 0 aliphatic carbocycles. The topological polar surface area (TPSA) is 101 Å². The number of hydrogen-bond donors (Lipinski definition) is 1. The van der Waals surface area contributed by atoms with E-state index in [1.807, 2.05) is 13.0 Å². The van der Waals surface area contributed by atoms with E-state index in [1.54, 1.807) is 18.5 Å². The molecule has 0 radical (unpaired) electrons. The first kappa shape index (κ1) is 16.7. The molecule has 24 heavy (non-hydrogen) atoms. The molecule has 1 aliphatic heterocycles. The molecule has 9 heteroatoms. The van der Waals surface area contributed by atoms with Gasteiger partial charge in [-0.05, 0) is 25.8 Å². The maximum absolute atomic E-state index is 11.8. The first-order valence-corrected chi connectivity index (χ1v) is 9.61. The van der Waals surface area contributed by atoms with E-state index in [1.165, 1.54) is 10.6 Å². The number of nitrogens with zero attached hydrogens (tertiary/aromatic N) is 5. The summed E-state index contributed by atoms with van der Waals surface area (Å²) in [6.07, 6.45) is 6.28. The van der Waals surface area contributed by atoms with Crippen molar-refractivity contribution in [2.24, 2.45) is 0 Å². The maximum Gasteiger partial charge on any atom is 0.228 e. The van der Waals surface area contributed by atoms with E-state index >= 15 is 0 Å². The fourth-order valence-corrected chi connectivity index (χ4v) is 3.74. The number of piperidine rings is 1. The number of aromatic nitrogens is 4. The van der Waals surface area contributed by atoms with E-state index in [2.05, 4.69) is 25.3 Å². The third-order valence-electron chi connectivity index (χ3n) is 3.93. The third kappa shape index (κ3) is 4.04. The van der Waals surface area contributed by atoms with E-state index in [9.17, 15) is 8.42 Å². The predicted molar refractivity (Wildman–Crippen MR) is 90.5 cm³/mol. The highest BCUT2D eigenvalue weighted by molar-refractivity contribution is 7.88. The highest BCUT2D eigenvalue weighted by Gasteiger charge is 2.28. The smallest absolute Gasteiger partial charge is 0.228 e.